The van der Waals surface area contributed by atoms with Gasteiger partial charge in [0.15, 0.2) is 22.5 Å². The zero-order valence-electron chi connectivity index (χ0n) is 17.2. The molecule has 1 fully saturated rings. The number of nitrogens with zero attached hydrogens (tertiary/aromatic N) is 3. The largest absolute Gasteiger partial charge is 0.376 e. The van der Waals surface area contributed by atoms with E-state index in [1.807, 2.05) is 31.4 Å². The van der Waals surface area contributed by atoms with Crippen molar-refractivity contribution in [1.29, 1.82) is 0 Å². The minimum atomic E-state index is -0.0579. The molecule has 1 aliphatic rings. The summed E-state index contributed by atoms with van der Waals surface area (Å²) in [6, 6.07) is 4.01. The molecule has 0 spiro atoms. The average molecular weight is 445 g/mol. The van der Waals surface area contributed by atoms with Crippen molar-refractivity contribution in [2.24, 2.45) is 0 Å². The minimum absolute atomic E-state index is 0.0372. The van der Waals surface area contributed by atoms with Crippen LogP contribution in [0.4, 0.5) is 0 Å². The second-order valence-electron chi connectivity index (χ2n) is 7.42. The van der Waals surface area contributed by atoms with Gasteiger partial charge in [-0.1, -0.05) is 17.8 Å². The summed E-state index contributed by atoms with van der Waals surface area (Å²) in [6.45, 7) is 6.61. The summed E-state index contributed by atoms with van der Waals surface area (Å²) in [4.78, 5) is 28.9. The summed E-state index contributed by atoms with van der Waals surface area (Å²) < 4.78 is 7.88. The lowest BCUT2D eigenvalue weighted by Crippen LogP contribution is -2.17. The Morgan fingerprint density at radius 2 is 2.20 bits per heavy atom. The average Bonchev–Trinajstić information content (AvgIpc) is 3.48. The van der Waals surface area contributed by atoms with Crippen LogP contribution in [-0.4, -0.2) is 49.8 Å². The Bertz CT molecular complexity index is 1060. The van der Waals surface area contributed by atoms with E-state index in [4.69, 9.17) is 4.74 Å². The van der Waals surface area contributed by atoms with E-state index >= 15 is 0 Å². The van der Waals surface area contributed by atoms with E-state index in [9.17, 15) is 9.59 Å². The molecule has 158 valence electrons. The van der Waals surface area contributed by atoms with Crippen molar-refractivity contribution < 1.29 is 14.3 Å². The molecule has 0 bridgehead atoms. The number of aromatic nitrogens is 4. The molecule has 4 rings (SSSR count). The molecule has 0 aromatic carbocycles. The fourth-order valence-electron chi connectivity index (χ4n) is 3.90. The van der Waals surface area contributed by atoms with Gasteiger partial charge in [0.2, 0.25) is 0 Å². The maximum Gasteiger partial charge on any atom is 0.192 e. The number of thioether (sulfide) groups is 1. The highest BCUT2D eigenvalue weighted by Gasteiger charge is 2.24. The lowest BCUT2D eigenvalue weighted by molar-refractivity contribution is 0.0953. The molecule has 9 heteroatoms. The van der Waals surface area contributed by atoms with Crippen molar-refractivity contribution in [3.8, 4) is 10.7 Å². The summed E-state index contributed by atoms with van der Waals surface area (Å²) in [7, 11) is 0. The Morgan fingerprint density at radius 1 is 1.37 bits per heavy atom. The van der Waals surface area contributed by atoms with Crippen LogP contribution >= 0.6 is 23.1 Å². The number of carbonyl (C=O) groups is 2. The van der Waals surface area contributed by atoms with E-state index in [2.05, 4.69) is 19.7 Å². The van der Waals surface area contributed by atoms with Gasteiger partial charge < -0.3 is 9.72 Å². The number of thiophene rings is 1. The van der Waals surface area contributed by atoms with E-state index in [1.54, 1.807) is 11.3 Å². The molecule has 1 atom stereocenters. The monoisotopic (exact) mass is 444 g/mol. The van der Waals surface area contributed by atoms with Gasteiger partial charge in [0.1, 0.15) is 0 Å². The number of rotatable bonds is 8. The number of Topliss-reactive ketones (excluding diaryl/α,β-unsaturated/α-hetero) is 2. The highest BCUT2D eigenvalue weighted by atomic mass is 32.2. The van der Waals surface area contributed by atoms with E-state index in [0.29, 0.717) is 28.5 Å². The Morgan fingerprint density at radius 3 is 2.83 bits per heavy atom. The van der Waals surface area contributed by atoms with Crippen LogP contribution < -0.4 is 0 Å². The summed E-state index contributed by atoms with van der Waals surface area (Å²) in [5.74, 6) is 0.926. The second-order valence-corrected chi connectivity index (χ2v) is 9.31. The molecule has 1 N–H and O–H groups in total. The third kappa shape index (κ3) is 4.14. The second kappa shape index (κ2) is 8.87. The number of ether oxygens (including phenoxy) is 1. The van der Waals surface area contributed by atoms with Crippen molar-refractivity contribution in [3.05, 3.63) is 40.0 Å². The van der Waals surface area contributed by atoms with Crippen LogP contribution in [-0.2, 0) is 11.3 Å². The maximum atomic E-state index is 12.9. The molecular formula is C21H24N4O3S2. The lowest BCUT2D eigenvalue weighted by atomic mass is 10.1. The number of ketones is 2. The van der Waals surface area contributed by atoms with Gasteiger partial charge in [-0.05, 0) is 50.6 Å². The highest BCUT2D eigenvalue weighted by molar-refractivity contribution is 7.99. The van der Waals surface area contributed by atoms with Gasteiger partial charge in [-0.25, -0.2) is 0 Å². The van der Waals surface area contributed by atoms with Gasteiger partial charge in [0, 0.05) is 17.9 Å². The number of carbonyl (C=O) groups excluding carboxylic acids is 2. The number of H-pyrrole nitrogens is 1. The zero-order valence-corrected chi connectivity index (χ0v) is 18.9. The SMILES string of the molecule is CC(=O)c1c(C)[nH]c(C(=O)CSc2nnc(-c3cccs3)n2C[C@@H]2CCCO2)c1C. The predicted molar refractivity (Wildman–Crippen MR) is 118 cm³/mol. The highest BCUT2D eigenvalue weighted by Crippen LogP contribution is 2.30. The smallest absolute Gasteiger partial charge is 0.192 e. The van der Waals surface area contributed by atoms with Gasteiger partial charge in [0.05, 0.1) is 29.0 Å². The van der Waals surface area contributed by atoms with Gasteiger partial charge in [0.25, 0.3) is 0 Å². The van der Waals surface area contributed by atoms with Gasteiger partial charge >= 0.3 is 0 Å². The maximum absolute atomic E-state index is 12.9. The predicted octanol–water partition coefficient (Wildman–Crippen LogP) is 4.31. The molecule has 1 aliphatic heterocycles. The van der Waals surface area contributed by atoms with Crippen molar-refractivity contribution >= 4 is 34.7 Å². The first kappa shape index (κ1) is 21.0. The Balaban J connectivity index is 1.55. The molecule has 0 unspecified atom stereocenters. The van der Waals surface area contributed by atoms with Crippen LogP contribution in [0.5, 0.6) is 0 Å². The Hall–Kier alpha value is -2.23. The van der Waals surface area contributed by atoms with Crippen LogP contribution in [0, 0.1) is 13.8 Å². The first-order valence-corrected chi connectivity index (χ1v) is 11.8. The molecule has 1 saturated heterocycles. The van der Waals surface area contributed by atoms with Crippen LogP contribution in [0.1, 0.15) is 51.9 Å². The molecule has 3 aromatic heterocycles. The quantitative estimate of drug-likeness (QED) is 0.411. The number of nitrogens with one attached hydrogen (secondary N) is 1. The number of hydrogen-bond acceptors (Lipinski definition) is 7. The van der Waals surface area contributed by atoms with Gasteiger partial charge in [-0.2, -0.15) is 0 Å². The van der Waals surface area contributed by atoms with Gasteiger partial charge in [-0.15, -0.1) is 21.5 Å². The summed E-state index contributed by atoms with van der Waals surface area (Å²) in [5, 5.41) is 11.5. The summed E-state index contributed by atoms with van der Waals surface area (Å²) in [6.07, 6.45) is 2.22. The van der Waals surface area contributed by atoms with E-state index in [-0.39, 0.29) is 23.4 Å². The van der Waals surface area contributed by atoms with Crippen LogP contribution in [0.3, 0.4) is 0 Å². The Labute approximate surface area is 183 Å². The molecule has 0 radical (unpaired) electrons. The van der Waals surface area contributed by atoms with E-state index < -0.39 is 0 Å². The van der Waals surface area contributed by atoms with Crippen LogP contribution in [0.25, 0.3) is 10.7 Å². The fraction of sp³-hybridized carbons (Fsp3) is 0.429. The first-order valence-electron chi connectivity index (χ1n) is 9.90. The summed E-state index contributed by atoms with van der Waals surface area (Å²) in [5.41, 5.74) is 2.54. The number of aryl methyl sites for hydroxylation is 1. The van der Waals surface area contributed by atoms with E-state index in [1.165, 1.54) is 18.7 Å². The number of aromatic amines is 1. The fourth-order valence-corrected chi connectivity index (χ4v) is 5.44. The lowest BCUT2D eigenvalue weighted by Gasteiger charge is -2.14. The van der Waals surface area contributed by atoms with Gasteiger partial charge in [-0.3, -0.25) is 14.2 Å². The molecule has 0 saturated carbocycles. The van der Waals surface area contributed by atoms with Crippen molar-refractivity contribution in [1.82, 2.24) is 19.7 Å². The number of hydrogen-bond donors (Lipinski definition) is 1. The van der Waals surface area contributed by atoms with Crippen LogP contribution in [0.2, 0.25) is 0 Å². The zero-order chi connectivity index (χ0) is 21.3. The molecule has 0 amide bonds. The minimum Gasteiger partial charge on any atom is -0.376 e. The van der Waals surface area contributed by atoms with Crippen LogP contribution in [0.15, 0.2) is 22.7 Å². The topological polar surface area (TPSA) is 89.9 Å². The standard InChI is InChI=1S/C21H24N4O3S2/c1-12-18(14(3)26)13(2)22-19(12)16(27)11-30-21-24-23-20(17-7-5-9-29-17)25(21)10-15-6-4-8-28-15/h5,7,9,15,22H,4,6,8,10-11H2,1-3H3/t15-/m0/s1. The van der Waals surface area contributed by atoms with Crippen molar-refractivity contribution in [3.63, 3.8) is 0 Å². The normalized spacial score (nSPS) is 16.3. The third-order valence-electron chi connectivity index (χ3n) is 5.27. The molecule has 3 aromatic rings. The van der Waals surface area contributed by atoms with E-state index in [0.717, 1.165) is 35.8 Å². The first-order chi connectivity index (χ1) is 14.5. The molecular weight excluding hydrogens is 420 g/mol. The third-order valence-corrected chi connectivity index (χ3v) is 7.10. The molecule has 4 heterocycles. The van der Waals surface area contributed by atoms with Crippen molar-refractivity contribution in [2.45, 2.75) is 51.4 Å². The summed E-state index contributed by atoms with van der Waals surface area (Å²) >= 11 is 2.98. The van der Waals surface area contributed by atoms with Crippen molar-refractivity contribution in [2.75, 3.05) is 12.4 Å². The molecule has 30 heavy (non-hydrogen) atoms. The molecule has 0 aliphatic carbocycles. The molecule has 7 nitrogen and oxygen atoms in total. The Kier molecular flexibility index (Phi) is 6.21.